The first-order valence-electron chi connectivity index (χ1n) is 11.8. The van der Waals surface area contributed by atoms with E-state index in [9.17, 15) is 9.18 Å². The maximum atomic E-state index is 15.1. The Morgan fingerprint density at radius 3 is 2.81 bits per heavy atom. The van der Waals surface area contributed by atoms with Crippen molar-refractivity contribution in [2.75, 3.05) is 32.6 Å². The first-order chi connectivity index (χ1) is 17.3. The van der Waals surface area contributed by atoms with Crippen molar-refractivity contribution in [2.24, 2.45) is 0 Å². The van der Waals surface area contributed by atoms with Crippen molar-refractivity contribution < 1.29 is 18.3 Å². The van der Waals surface area contributed by atoms with Gasteiger partial charge >= 0.3 is 6.03 Å². The van der Waals surface area contributed by atoms with Crippen LogP contribution in [0.15, 0.2) is 42.7 Å². The largest absolute Gasteiger partial charge is 0.476 e. The van der Waals surface area contributed by atoms with Crippen molar-refractivity contribution in [1.82, 2.24) is 19.8 Å². The van der Waals surface area contributed by atoms with Crippen LogP contribution in [0.5, 0.6) is 5.88 Å². The van der Waals surface area contributed by atoms with Gasteiger partial charge in [0.1, 0.15) is 12.4 Å². The topological polar surface area (TPSA) is 70.6 Å². The Bertz CT molecular complexity index is 1290. The molecule has 1 aromatic carbocycles. The molecule has 1 saturated heterocycles. The molecule has 2 atom stereocenters. The van der Waals surface area contributed by atoms with Gasteiger partial charge in [0, 0.05) is 47.7 Å². The molecule has 1 N–H and O–H groups in total. The molecule has 0 saturated carbocycles. The van der Waals surface area contributed by atoms with Crippen LogP contribution in [0.4, 0.5) is 19.3 Å². The minimum absolute atomic E-state index is 0.0172. The van der Waals surface area contributed by atoms with E-state index < -0.39 is 17.8 Å². The summed E-state index contributed by atoms with van der Waals surface area (Å²) < 4.78 is 34.9. The van der Waals surface area contributed by atoms with Crippen LogP contribution in [0.2, 0.25) is 5.02 Å². The van der Waals surface area contributed by atoms with E-state index >= 15 is 4.39 Å². The molecule has 2 aromatic heterocycles. The predicted molar refractivity (Wildman–Crippen MR) is 133 cm³/mol. The summed E-state index contributed by atoms with van der Waals surface area (Å²) in [6.45, 7) is 1.26. The van der Waals surface area contributed by atoms with Crippen LogP contribution in [0, 0.1) is 11.8 Å². The lowest BCUT2D eigenvalue weighted by Gasteiger charge is -2.36. The van der Waals surface area contributed by atoms with E-state index in [0.29, 0.717) is 35.6 Å². The SMILES string of the molecule is CN(C)CCOc1ccc(-c2cc(F)c(NC(=O)N3[C@H]4CC[C@@H]3c3ccnc(F)c3C4)cc2Cl)cn1. The van der Waals surface area contributed by atoms with Crippen LogP contribution in [0.1, 0.15) is 30.0 Å². The Kier molecular flexibility index (Phi) is 6.77. The van der Waals surface area contributed by atoms with E-state index in [-0.39, 0.29) is 22.8 Å². The van der Waals surface area contributed by atoms with Crippen LogP contribution in [0.25, 0.3) is 11.1 Å². The van der Waals surface area contributed by atoms with Crippen LogP contribution in [0.3, 0.4) is 0 Å². The minimum atomic E-state index is -0.617. The summed E-state index contributed by atoms with van der Waals surface area (Å²) >= 11 is 6.47. The number of ether oxygens (including phenoxy) is 1. The van der Waals surface area contributed by atoms with Gasteiger partial charge in [-0.05, 0) is 63.2 Å². The summed E-state index contributed by atoms with van der Waals surface area (Å²) in [4.78, 5) is 24.9. The molecule has 4 heterocycles. The highest BCUT2D eigenvalue weighted by atomic mass is 35.5. The number of halogens is 3. The second-order valence-corrected chi connectivity index (χ2v) is 9.71. The van der Waals surface area contributed by atoms with Crippen molar-refractivity contribution in [3.63, 3.8) is 0 Å². The van der Waals surface area contributed by atoms with Crippen LogP contribution >= 0.6 is 11.6 Å². The van der Waals surface area contributed by atoms with E-state index in [1.807, 2.05) is 19.0 Å². The number of nitrogens with zero attached hydrogens (tertiary/aromatic N) is 4. The van der Waals surface area contributed by atoms with Crippen LogP contribution < -0.4 is 10.1 Å². The van der Waals surface area contributed by atoms with E-state index in [1.165, 1.54) is 18.3 Å². The molecule has 1 fully saturated rings. The minimum Gasteiger partial charge on any atom is -0.476 e. The summed E-state index contributed by atoms with van der Waals surface area (Å²) in [7, 11) is 3.91. The number of aromatic nitrogens is 2. The Hall–Kier alpha value is -3.30. The number of likely N-dealkylation sites (N-methyl/N-ethyl adjacent to an activating group) is 1. The number of carbonyl (C=O) groups excluding carboxylic acids is 1. The first kappa shape index (κ1) is 24.4. The fourth-order valence-electron chi connectivity index (χ4n) is 4.93. The highest BCUT2D eigenvalue weighted by molar-refractivity contribution is 6.33. The predicted octanol–water partition coefficient (Wildman–Crippen LogP) is 5.31. The van der Waals surface area contributed by atoms with Crippen molar-refractivity contribution in [3.05, 3.63) is 70.6 Å². The van der Waals surface area contributed by atoms with Crippen molar-refractivity contribution in [2.45, 2.75) is 31.3 Å². The average molecular weight is 514 g/mol. The summed E-state index contributed by atoms with van der Waals surface area (Å²) in [5, 5.41) is 2.94. The summed E-state index contributed by atoms with van der Waals surface area (Å²) in [6, 6.07) is 7.03. The average Bonchev–Trinajstić information content (AvgIpc) is 3.17. The zero-order chi connectivity index (χ0) is 25.4. The number of carbonyl (C=O) groups is 1. The number of benzene rings is 1. The maximum Gasteiger partial charge on any atom is 0.322 e. The standard InChI is InChI=1S/C26H26ClF2N5O2/c1-33(2)9-10-36-24-6-3-15(14-31-24)18-12-21(28)22(13-20(18)27)32-26(35)34-16-4-5-23(34)17-7-8-30-25(29)19(17)11-16/h3,6-8,12-14,16,23H,4-5,9-11H2,1-2H3,(H,32,35)/t16-,23+/m0/s1. The lowest BCUT2D eigenvalue weighted by molar-refractivity contribution is 0.178. The molecule has 3 aromatic rings. The Morgan fingerprint density at radius 2 is 2.06 bits per heavy atom. The fraction of sp³-hybridized carbons (Fsp3) is 0.346. The van der Waals surface area contributed by atoms with Crippen molar-refractivity contribution >= 4 is 23.3 Å². The van der Waals surface area contributed by atoms with Crippen LogP contribution in [-0.2, 0) is 6.42 Å². The van der Waals surface area contributed by atoms with Gasteiger partial charge in [-0.1, -0.05) is 11.6 Å². The quantitative estimate of drug-likeness (QED) is 0.452. The third-order valence-corrected chi connectivity index (χ3v) is 7.02. The highest BCUT2D eigenvalue weighted by Gasteiger charge is 2.43. The number of hydrogen-bond acceptors (Lipinski definition) is 5. The smallest absolute Gasteiger partial charge is 0.322 e. The zero-order valence-corrected chi connectivity index (χ0v) is 20.7. The summed E-state index contributed by atoms with van der Waals surface area (Å²) in [6.07, 6.45) is 4.84. The number of rotatable bonds is 6. The molecule has 0 radical (unpaired) electrons. The molecule has 188 valence electrons. The maximum absolute atomic E-state index is 15.1. The molecule has 2 bridgehead atoms. The van der Waals surface area contributed by atoms with Gasteiger partial charge in [-0.3, -0.25) is 0 Å². The van der Waals surface area contributed by atoms with Gasteiger partial charge in [0.2, 0.25) is 11.8 Å². The lowest BCUT2D eigenvalue weighted by atomic mass is 9.95. The van der Waals surface area contributed by atoms with E-state index in [0.717, 1.165) is 24.9 Å². The molecule has 7 nitrogen and oxygen atoms in total. The van der Waals surface area contributed by atoms with Crippen molar-refractivity contribution in [1.29, 1.82) is 0 Å². The van der Waals surface area contributed by atoms with Gasteiger partial charge < -0.3 is 19.9 Å². The number of fused-ring (bicyclic) bond motifs is 4. The first-order valence-corrected chi connectivity index (χ1v) is 12.1. The normalized spacial score (nSPS) is 18.3. The van der Waals surface area contributed by atoms with Gasteiger partial charge in [-0.2, -0.15) is 4.39 Å². The Balaban J connectivity index is 1.31. The molecular formula is C26H26ClF2N5O2. The molecule has 0 aliphatic carbocycles. The van der Waals surface area contributed by atoms with Gasteiger partial charge in [0.05, 0.1) is 16.8 Å². The number of anilines is 1. The second-order valence-electron chi connectivity index (χ2n) is 9.31. The number of nitrogens with one attached hydrogen (secondary N) is 1. The molecule has 2 amide bonds. The molecule has 2 aliphatic heterocycles. The van der Waals surface area contributed by atoms with E-state index in [1.54, 1.807) is 29.3 Å². The zero-order valence-electron chi connectivity index (χ0n) is 20.0. The molecule has 36 heavy (non-hydrogen) atoms. The second kappa shape index (κ2) is 9.99. The van der Waals surface area contributed by atoms with Gasteiger partial charge in [-0.15, -0.1) is 0 Å². The molecular weight excluding hydrogens is 488 g/mol. The fourth-order valence-corrected chi connectivity index (χ4v) is 5.20. The monoisotopic (exact) mass is 513 g/mol. The highest BCUT2D eigenvalue weighted by Crippen LogP contribution is 2.44. The summed E-state index contributed by atoms with van der Waals surface area (Å²) in [5.74, 6) is -0.635. The summed E-state index contributed by atoms with van der Waals surface area (Å²) in [5.41, 5.74) is 2.39. The molecule has 10 heteroatoms. The Labute approximate surface area is 213 Å². The third-order valence-electron chi connectivity index (χ3n) is 6.71. The van der Waals surface area contributed by atoms with Gasteiger partial charge in [-0.25, -0.2) is 19.2 Å². The lowest BCUT2D eigenvalue weighted by Crippen LogP contribution is -2.44. The molecule has 2 aliphatic rings. The number of hydrogen-bond donors (Lipinski definition) is 1. The van der Waals surface area contributed by atoms with Crippen LogP contribution in [-0.4, -0.2) is 59.1 Å². The molecule has 0 spiro atoms. The molecule has 5 rings (SSSR count). The Morgan fingerprint density at radius 1 is 1.22 bits per heavy atom. The van der Waals surface area contributed by atoms with E-state index in [2.05, 4.69) is 15.3 Å². The van der Waals surface area contributed by atoms with Gasteiger partial charge in [0.25, 0.3) is 0 Å². The van der Waals surface area contributed by atoms with Gasteiger partial charge in [0.15, 0.2) is 0 Å². The molecule has 0 unspecified atom stereocenters. The van der Waals surface area contributed by atoms with E-state index in [4.69, 9.17) is 16.3 Å². The third kappa shape index (κ3) is 4.73. The number of pyridine rings is 2. The number of urea groups is 1. The van der Waals surface area contributed by atoms with Crippen molar-refractivity contribution in [3.8, 4) is 17.0 Å². The number of amides is 2.